The Bertz CT molecular complexity index is 857. The van der Waals surface area contributed by atoms with Crippen LogP contribution in [0.1, 0.15) is 5.56 Å². The molecule has 0 bridgehead atoms. The fraction of sp³-hybridized carbons (Fsp3) is 0.278. The third-order valence-electron chi connectivity index (χ3n) is 3.83. The van der Waals surface area contributed by atoms with Crippen LogP contribution in [0.2, 0.25) is 0 Å². The van der Waals surface area contributed by atoms with E-state index in [-0.39, 0.29) is 5.69 Å². The zero-order chi connectivity index (χ0) is 19.3. The van der Waals surface area contributed by atoms with E-state index >= 15 is 0 Å². The van der Waals surface area contributed by atoms with E-state index in [0.29, 0.717) is 6.54 Å². The first kappa shape index (κ1) is 19.9. The van der Waals surface area contributed by atoms with Crippen molar-refractivity contribution < 1.29 is 17.6 Å². The SMILES string of the molecule is CN(Cc1ccccc1)C(=O)CN(c1ccccc1F)S(=O)(=O)N(C)C. The fourth-order valence-corrected chi connectivity index (χ4v) is 3.40. The van der Waals surface area contributed by atoms with Crippen LogP contribution >= 0.6 is 0 Å². The van der Waals surface area contributed by atoms with E-state index in [0.717, 1.165) is 20.2 Å². The molecule has 2 rings (SSSR count). The second-order valence-electron chi connectivity index (χ2n) is 5.98. The van der Waals surface area contributed by atoms with E-state index < -0.39 is 28.5 Å². The Morgan fingerprint density at radius 2 is 1.54 bits per heavy atom. The number of carbonyl (C=O) groups excluding carboxylic acids is 1. The minimum atomic E-state index is -4.04. The van der Waals surface area contributed by atoms with Crippen LogP contribution in [0.3, 0.4) is 0 Å². The van der Waals surface area contributed by atoms with Crippen molar-refractivity contribution in [2.24, 2.45) is 0 Å². The molecule has 0 saturated heterocycles. The molecule has 6 nitrogen and oxygen atoms in total. The molecule has 0 saturated carbocycles. The van der Waals surface area contributed by atoms with Crippen molar-refractivity contribution in [3.63, 3.8) is 0 Å². The van der Waals surface area contributed by atoms with Gasteiger partial charge in [0.15, 0.2) is 0 Å². The first-order chi connectivity index (χ1) is 12.2. The topological polar surface area (TPSA) is 60.9 Å². The van der Waals surface area contributed by atoms with Gasteiger partial charge in [-0.25, -0.2) is 8.70 Å². The smallest absolute Gasteiger partial charge is 0.304 e. The molecular formula is C18H22FN3O3S. The number of hydrogen-bond donors (Lipinski definition) is 0. The number of anilines is 1. The quantitative estimate of drug-likeness (QED) is 0.740. The first-order valence-electron chi connectivity index (χ1n) is 7.96. The molecule has 0 aliphatic rings. The zero-order valence-electron chi connectivity index (χ0n) is 15.0. The molecule has 0 unspecified atom stereocenters. The van der Waals surface area contributed by atoms with Crippen molar-refractivity contribution in [3.05, 3.63) is 66.0 Å². The third kappa shape index (κ3) is 4.59. The van der Waals surface area contributed by atoms with Gasteiger partial charge >= 0.3 is 10.2 Å². The molecule has 0 aliphatic heterocycles. The van der Waals surface area contributed by atoms with Crippen LogP contribution in [-0.4, -0.2) is 51.2 Å². The van der Waals surface area contributed by atoms with Crippen molar-refractivity contribution in [2.45, 2.75) is 6.54 Å². The summed E-state index contributed by atoms with van der Waals surface area (Å²) < 4.78 is 41.1. The summed E-state index contributed by atoms with van der Waals surface area (Å²) in [6.07, 6.45) is 0. The molecule has 2 aromatic rings. The molecule has 0 N–H and O–H groups in total. The summed E-state index contributed by atoms with van der Waals surface area (Å²) in [4.78, 5) is 14.0. The maximum atomic E-state index is 14.2. The minimum Gasteiger partial charge on any atom is -0.340 e. The van der Waals surface area contributed by atoms with Gasteiger partial charge in [0, 0.05) is 27.7 Å². The molecule has 26 heavy (non-hydrogen) atoms. The van der Waals surface area contributed by atoms with Gasteiger partial charge in [-0.1, -0.05) is 42.5 Å². The Morgan fingerprint density at radius 1 is 0.962 bits per heavy atom. The van der Waals surface area contributed by atoms with Crippen LogP contribution in [0.5, 0.6) is 0 Å². The van der Waals surface area contributed by atoms with E-state index in [2.05, 4.69) is 0 Å². The van der Waals surface area contributed by atoms with Gasteiger partial charge in [-0.2, -0.15) is 12.7 Å². The standard InChI is InChI=1S/C18H22FN3O3S/c1-20(2)26(24,25)22(17-12-8-7-11-16(17)19)14-18(23)21(3)13-15-9-5-4-6-10-15/h4-12H,13-14H2,1-3H3. The van der Waals surface area contributed by atoms with Crippen molar-refractivity contribution in [3.8, 4) is 0 Å². The monoisotopic (exact) mass is 379 g/mol. The highest BCUT2D eigenvalue weighted by molar-refractivity contribution is 7.90. The minimum absolute atomic E-state index is 0.164. The summed E-state index contributed by atoms with van der Waals surface area (Å²) in [5, 5.41) is 0. The Labute approximate surface area is 153 Å². The van der Waals surface area contributed by atoms with Gasteiger partial charge in [-0.15, -0.1) is 0 Å². The fourth-order valence-electron chi connectivity index (χ4n) is 2.33. The van der Waals surface area contributed by atoms with Gasteiger partial charge in [0.1, 0.15) is 12.4 Å². The highest BCUT2D eigenvalue weighted by atomic mass is 32.2. The van der Waals surface area contributed by atoms with Crippen LogP contribution < -0.4 is 4.31 Å². The number of likely N-dealkylation sites (N-methyl/N-ethyl adjacent to an activating group) is 1. The maximum absolute atomic E-state index is 14.2. The Kier molecular flexibility index (Phi) is 6.33. The Hall–Kier alpha value is -2.45. The van der Waals surface area contributed by atoms with Crippen molar-refractivity contribution >= 4 is 21.8 Å². The molecule has 0 radical (unpaired) electrons. The average Bonchev–Trinajstić information content (AvgIpc) is 2.60. The van der Waals surface area contributed by atoms with E-state index in [4.69, 9.17) is 0 Å². The molecule has 0 atom stereocenters. The largest absolute Gasteiger partial charge is 0.340 e. The second-order valence-corrected chi connectivity index (χ2v) is 8.05. The molecule has 1 amide bonds. The average molecular weight is 379 g/mol. The normalized spacial score (nSPS) is 11.4. The number of para-hydroxylation sites is 1. The lowest BCUT2D eigenvalue weighted by Crippen LogP contribution is -2.46. The molecule has 0 spiro atoms. The van der Waals surface area contributed by atoms with Crippen LogP contribution in [0.25, 0.3) is 0 Å². The summed E-state index contributed by atoms with van der Waals surface area (Å²) in [6.45, 7) is -0.169. The lowest BCUT2D eigenvalue weighted by atomic mass is 10.2. The van der Waals surface area contributed by atoms with E-state index in [1.165, 1.54) is 37.2 Å². The predicted molar refractivity (Wildman–Crippen MR) is 99.3 cm³/mol. The van der Waals surface area contributed by atoms with Gasteiger partial charge < -0.3 is 4.90 Å². The van der Waals surface area contributed by atoms with Crippen LogP contribution in [-0.2, 0) is 21.5 Å². The van der Waals surface area contributed by atoms with Gasteiger partial charge in [0.2, 0.25) is 5.91 Å². The maximum Gasteiger partial charge on any atom is 0.304 e. The number of amides is 1. The molecular weight excluding hydrogens is 357 g/mol. The van der Waals surface area contributed by atoms with E-state index in [1.807, 2.05) is 30.3 Å². The number of benzene rings is 2. The van der Waals surface area contributed by atoms with Crippen LogP contribution in [0.15, 0.2) is 54.6 Å². The molecule has 0 aromatic heterocycles. The lowest BCUT2D eigenvalue weighted by Gasteiger charge is -2.29. The molecule has 2 aromatic carbocycles. The molecule has 8 heteroatoms. The van der Waals surface area contributed by atoms with Gasteiger partial charge in [0.05, 0.1) is 5.69 Å². The summed E-state index contributed by atoms with van der Waals surface area (Å²) in [6, 6.07) is 14.8. The van der Waals surface area contributed by atoms with Gasteiger partial charge in [-0.3, -0.25) is 4.79 Å². The number of rotatable bonds is 7. The van der Waals surface area contributed by atoms with E-state index in [1.54, 1.807) is 7.05 Å². The highest BCUT2D eigenvalue weighted by Gasteiger charge is 2.30. The summed E-state index contributed by atoms with van der Waals surface area (Å²) in [5.41, 5.74) is 0.749. The zero-order valence-corrected chi connectivity index (χ0v) is 15.8. The van der Waals surface area contributed by atoms with Crippen LogP contribution in [0, 0.1) is 5.82 Å². The molecule has 0 heterocycles. The van der Waals surface area contributed by atoms with Crippen LogP contribution in [0.4, 0.5) is 10.1 Å². The molecule has 0 aliphatic carbocycles. The Morgan fingerprint density at radius 3 is 2.12 bits per heavy atom. The van der Waals surface area contributed by atoms with Crippen molar-refractivity contribution in [1.82, 2.24) is 9.21 Å². The number of hydrogen-bond acceptors (Lipinski definition) is 3. The predicted octanol–water partition coefficient (Wildman–Crippen LogP) is 2.10. The van der Waals surface area contributed by atoms with Crippen molar-refractivity contribution in [1.29, 1.82) is 0 Å². The number of nitrogens with zero attached hydrogens (tertiary/aromatic N) is 3. The summed E-state index contributed by atoms with van der Waals surface area (Å²) in [5.74, 6) is -1.15. The summed E-state index contributed by atoms with van der Waals surface area (Å²) >= 11 is 0. The molecule has 140 valence electrons. The van der Waals surface area contributed by atoms with E-state index in [9.17, 15) is 17.6 Å². The molecule has 0 fully saturated rings. The summed E-state index contributed by atoms with van der Waals surface area (Å²) in [7, 11) is 0.213. The lowest BCUT2D eigenvalue weighted by molar-refractivity contribution is -0.128. The highest BCUT2D eigenvalue weighted by Crippen LogP contribution is 2.23. The second kappa shape index (κ2) is 8.29. The van der Waals surface area contributed by atoms with Crippen molar-refractivity contribution in [2.75, 3.05) is 32.0 Å². The van der Waals surface area contributed by atoms with Gasteiger partial charge in [-0.05, 0) is 17.7 Å². The van der Waals surface area contributed by atoms with Gasteiger partial charge in [0.25, 0.3) is 0 Å². The number of halogens is 1. The third-order valence-corrected chi connectivity index (χ3v) is 5.63. The Balaban J connectivity index is 2.27. The number of carbonyl (C=O) groups is 1. The first-order valence-corrected chi connectivity index (χ1v) is 9.36.